The number of piperazine rings is 1. The van der Waals surface area contributed by atoms with Crippen molar-refractivity contribution in [1.82, 2.24) is 30.2 Å². The molecule has 1 aromatic carbocycles. The highest BCUT2D eigenvalue weighted by molar-refractivity contribution is 5.92. The van der Waals surface area contributed by atoms with Crippen LogP contribution in [0.4, 0.5) is 0 Å². The van der Waals surface area contributed by atoms with E-state index < -0.39 is 0 Å². The lowest BCUT2D eigenvalue weighted by molar-refractivity contribution is 0.0628. The van der Waals surface area contributed by atoms with Crippen LogP contribution in [0.5, 0.6) is 0 Å². The highest BCUT2D eigenvalue weighted by Gasteiger charge is 2.30. The second-order valence-electron chi connectivity index (χ2n) is 6.94. The lowest BCUT2D eigenvalue weighted by Gasteiger charge is -2.36. The molecule has 3 heterocycles. The Bertz CT molecular complexity index is 922. The van der Waals surface area contributed by atoms with Crippen LogP contribution in [0.1, 0.15) is 40.3 Å². The van der Waals surface area contributed by atoms with Crippen molar-refractivity contribution in [2.75, 3.05) is 19.6 Å². The highest BCUT2D eigenvalue weighted by atomic mass is 16.2. The molecule has 1 N–H and O–H groups in total. The molecule has 1 amide bonds. The number of rotatable bonds is 5. The van der Waals surface area contributed by atoms with E-state index in [0.29, 0.717) is 18.8 Å². The molecule has 1 atom stereocenters. The zero-order valence-corrected chi connectivity index (χ0v) is 16.0. The molecule has 0 aliphatic carbocycles. The first-order chi connectivity index (χ1) is 13.7. The van der Waals surface area contributed by atoms with Crippen LogP contribution in [-0.2, 0) is 13.0 Å². The smallest absolute Gasteiger partial charge is 0.276 e. The molecule has 7 nitrogen and oxygen atoms in total. The van der Waals surface area contributed by atoms with E-state index in [1.165, 1.54) is 5.56 Å². The molecule has 1 saturated heterocycles. The average molecular weight is 376 g/mol. The fourth-order valence-corrected chi connectivity index (χ4v) is 3.50. The molecule has 2 aromatic heterocycles. The lowest BCUT2D eigenvalue weighted by Crippen LogP contribution is -2.48. The summed E-state index contributed by atoms with van der Waals surface area (Å²) in [5.41, 5.74) is 3.68. The number of nitrogens with one attached hydrogen (secondary N) is 1. The molecule has 1 unspecified atom stereocenters. The van der Waals surface area contributed by atoms with Gasteiger partial charge in [0.05, 0.1) is 24.5 Å². The number of hydrogen-bond acceptors (Lipinski definition) is 5. The second-order valence-corrected chi connectivity index (χ2v) is 6.94. The molecule has 1 aliphatic heterocycles. The summed E-state index contributed by atoms with van der Waals surface area (Å²) in [7, 11) is 0. The Hall–Kier alpha value is -3.06. The van der Waals surface area contributed by atoms with E-state index in [0.717, 1.165) is 30.8 Å². The molecule has 0 bridgehead atoms. The summed E-state index contributed by atoms with van der Waals surface area (Å²) >= 11 is 0. The predicted molar refractivity (Wildman–Crippen MR) is 106 cm³/mol. The van der Waals surface area contributed by atoms with Gasteiger partial charge in [-0.2, -0.15) is 0 Å². The van der Waals surface area contributed by atoms with Gasteiger partial charge < -0.3 is 10.2 Å². The van der Waals surface area contributed by atoms with Crippen molar-refractivity contribution >= 4 is 5.91 Å². The first-order valence-electron chi connectivity index (χ1n) is 9.65. The number of hydrogen-bond donors (Lipinski definition) is 1. The van der Waals surface area contributed by atoms with Crippen LogP contribution in [0, 0.1) is 0 Å². The zero-order chi connectivity index (χ0) is 19.3. The van der Waals surface area contributed by atoms with Gasteiger partial charge in [0.25, 0.3) is 5.91 Å². The number of carbonyl (C=O) groups excluding carboxylic acids is 1. The standard InChI is InChI=1S/C21H24N6O/c1-2-16-6-8-17(9-7-16)20-13-22-11-12-27(20)21(28)19-15-26(25-24-19)14-18-5-3-4-10-23-18/h3-10,15,20,22H,2,11-14H2,1H3. The minimum atomic E-state index is -0.0849. The summed E-state index contributed by atoms with van der Waals surface area (Å²) in [6.45, 7) is 4.79. The molecule has 144 valence electrons. The monoisotopic (exact) mass is 376 g/mol. The van der Waals surface area contributed by atoms with Crippen LogP contribution in [0.15, 0.2) is 54.9 Å². The van der Waals surface area contributed by atoms with Gasteiger partial charge in [-0.1, -0.05) is 42.5 Å². The Labute approximate surface area is 164 Å². The van der Waals surface area contributed by atoms with Crippen molar-refractivity contribution in [2.45, 2.75) is 25.9 Å². The fourth-order valence-electron chi connectivity index (χ4n) is 3.50. The van der Waals surface area contributed by atoms with Crippen LogP contribution < -0.4 is 5.32 Å². The first-order valence-corrected chi connectivity index (χ1v) is 9.65. The average Bonchev–Trinajstić information content (AvgIpc) is 3.22. The number of aromatic nitrogens is 4. The van der Waals surface area contributed by atoms with Gasteiger partial charge in [-0.25, -0.2) is 4.68 Å². The van der Waals surface area contributed by atoms with Gasteiger partial charge in [-0.15, -0.1) is 5.10 Å². The third-order valence-electron chi connectivity index (χ3n) is 5.08. The minimum Gasteiger partial charge on any atom is -0.328 e. The summed E-state index contributed by atoms with van der Waals surface area (Å²) in [4.78, 5) is 19.3. The van der Waals surface area contributed by atoms with Crippen LogP contribution in [0.3, 0.4) is 0 Å². The Morgan fingerprint density at radius 3 is 2.82 bits per heavy atom. The summed E-state index contributed by atoms with van der Waals surface area (Å²) < 4.78 is 1.66. The van der Waals surface area contributed by atoms with Crippen molar-refractivity contribution in [2.24, 2.45) is 0 Å². The van der Waals surface area contributed by atoms with Crippen molar-refractivity contribution in [3.05, 3.63) is 77.4 Å². The molecular formula is C21H24N6O. The van der Waals surface area contributed by atoms with Gasteiger partial charge in [0.1, 0.15) is 0 Å². The Balaban J connectivity index is 1.52. The number of nitrogens with zero attached hydrogens (tertiary/aromatic N) is 5. The number of amides is 1. The molecule has 3 aromatic rings. The van der Waals surface area contributed by atoms with E-state index in [1.807, 2.05) is 23.1 Å². The van der Waals surface area contributed by atoms with Crippen molar-refractivity contribution in [1.29, 1.82) is 0 Å². The molecule has 28 heavy (non-hydrogen) atoms. The van der Waals surface area contributed by atoms with Gasteiger partial charge in [-0.3, -0.25) is 9.78 Å². The van der Waals surface area contributed by atoms with Gasteiger partial charge in [0.15, 0.2) is 5.69 Å². The highest BCUT2D eigenvalue weighted by Crippen LogP contribution is 2.24. The lowest BCUT2D eigenvalue weighted by atomic mass is 10.0. The normalized spacial score (nSPS) is 16.9. The molecule has 7 heteroatoms. The van der Waals surface area contributed by atoms with E-state index >= 15 is 0 Å². The Morgan fingerprint density at radius 1 is 1.21 bits per heavy atom. The van der Waals surface area contributed by atoms with E-state index in [4.69, 9.17) is 0 Å². The van der Waals surface area contributed by atoms with Crippen molar-refractivity contribution in [3.63, 3.8) is 0 Å². The van der Waals surface area contributed by atoms with Gasteiger partial charge in [-0.05, 0) is 29.7 Å². The molecule has 1 fully saturated rings. The summed E-state index contributed by atoms with van der Waals surface area (Å²) in [5, 5.41) is 11.6. The van der Waals surface area contributed by atoms with Gasteiger partial charge in [0, 0.05) is 25.8 Å². The van der Waals surface area contributed by atoms with Crippen LogP contribution in [-0.4, -0.2) is 50.4 Å². The molecule has 0 saturated carbocycles. The largest absolute Gasteiger partial charge is 0.328 e. The molecule has 0 spiro atoms. The zero-order valence-electron chi connectivity index (χ0n) is 16.0. The predicted octanol–water partition coefficient (Wildman–Crippen LogP) is 2.07. The van der Waals surface area contributed by atoms with Gasteiger partial charge in [0.2, 0.25) is 0 Å². The third-order valence-corrected chi connectivity index (χ3v) is 5.08. The topological polar surface area (TPSA) is 75.9 Å². The molecular weight excluding hydrogens is 352 g/mol. The van der Waals surface area contributed by atoms with Crippen LogP contribution >= 0.6 is 0 Å². The summed E-state index contributed by atoms with van der Waals surface area (Å²) in [5.74, 6) is -0.0849. The first kappa shape index (κ1) is 18.3. The second kappa shape index (κ2) is 8.31. The maximum atomic E-state index is 13.1. The maximum absolute atomic E-state index is 13.1. The Morgan fingerprint density at radius 2 is 2.07 bits per heavy atom. The number of carbonyl (C=O) groups is 1. The van der Waals surface area contributed by atoms with E-state index in [2.05, 4.69) is 51.8 Å². The van der Waals surface area contributed by atoms with Crippen molar-refractivity contribution < 1.29 is 4.79 Å². The van der Waals surface area contributed by atoms with Crippen molar-refractivity contribution in [3.8, 4) is 0 Å². The minimum absolute atomic E-state index is 0.00639. The third kappa shape index (κ3) is 3.94. The SMILES string of the molecule is CCc1ccc(C2CNCCN2C(=O)c2cn(Cc3ccccn3)nn2)cc1. The van der Waals surface area contributed by atoms with E-state index in [1.54, 1.807) is 17.1 Å². The number of aryl methyl sites for hydroxylation is 1. The quantitative estimate of drug-likeness (QED) is 0.738. The molecule has 0 radical (unpaired) electrons. The van der Waals surface area contributed by atoms with Gasteiger partial charge >= 0.3 is 0 Å². The fraction of sp³-hybridized carbons (Fsp3) is 0.333. The molecule has 4 rings (SSSR count). The maximum Gasteiger partial charge on any atom is 0.276 e. The number of benzene rings is 1. The summed E-state index contributed by atoms with van der Waals surface area (Å²) in [6.07, 6.45) is 4.45. The van der Waals surface area contributed by atoms with E-state index in [-0.39, 0.29) is 11.9 Å². The Kier molecular flexibility index (Phi) is 5.43. The van der Waals surface area contributed by atoms with Crippen LogP contribution in [0.2, 0.25) is 0 Å². The van der Waals surface area contributed by atoms with Crippen LogP contribution in [0.25, 0.3) is 0 Å². The number of pyridine rings is 1. The molecule has 1 aliphatic rings. The summed E-state index contributed by atoms with van der Waals surface area (Å²) in [6, 6.07) is 14.2. The van der Waals surface area contributed by atoms with E-state index in [9.17, 15) is 4.79 Å².